The lowest BCUT2D eigenvalue weighted by Gasteiger charge is -2.44. The van der Waals surface area contributed by atoms with Gasteiger partial charge in [-0.05, 0) is 45.6 Å². The molecule has 8 nitrogen and oxygen atoms in total. The van der Waals surface area contributed by atoms with Gasteiger partial charge in [-0.25, -0.2) is 4.79 Å². The lowest BCUT2D eigenvalue weighted by atomic mass is 9.69. The second-order valence-corrected chi connectivity index (χ2v) is 9.37. The molecule has 0 unspecified atom stereocenters. The Hall–Kier alpha value is -2.29. The van der Waals surface area contributed by atoms with E-state index in [0.29, 0.717) is 16.5 Å². The van der Waals surface area contributed by atoms with Gasteiger partial charge in [0.1, 0.15) is 11.4 Å². The molecule has 0 spiro atoms. The van der Waals surface area contributed by atoms with Crippen molar-refractivity contribution in [1.82, 2.24) is 5.32 Å². The summed E-state index contributed by atoms with van der Waals surface area (Å²) in [5, 5.41) is 14.6. The largest absolute Gasteiger partial charge is 0.496 e. The van der Waals surface area contributed by atoms with Crippen LogP contribution in [-0.4, -0.2) is 34.6 Å². The van der Waals surface area contributed by atoms with E-state index < -0.39 is 22.2 Å². The van der Waals surface area contributed by atoms with Crippen LogP contribution in [0, 0.1) is 16.0 Å². The number of thioether (sulfide) groups is 1. The number of methoxy groups -OCH3 is 1. The van der Waals surface area contributed by atoms with E-state index in [1.807, 2.05) is 0 Å². The highest BCUT2D eigenvalue weighted by atomic mass is 32.2. The van der Waals surface area contributed by atoms with Crippen LogP contribution in [-0.2, 0) is 10.3 Å². The van der Waals surface area contributed by atoms with Gasteiger partial charge >= 0.3 is 6.09 Å². The van der Waals surface area contributed by atoms with Gasteiger partial charge in [0.15, 0.2) is 5.17 Å². The van der Waals surface area contributed by atoms with Crippen LogP contribution in [0.2, 0.25) is 0 Å². The maximum absolute atomic E-state index is 12.3. The summed E-state index contributed by atoms with van der Waals surface area (Å²) in [7, 11) is 1.56. The molecule has 1 heterocycles. The van der Waals surface area contributed by atoms with Crippen LogP contribution < -0.4 is 10.1 Å². The first-order valence-corrected chi connectivity index (χ1v) is 10.7. The Kier molecular flexibility index (Phi) is 6.07. The SMILES string of the molecule is COc1ccc([N+](=O)[O-])cc1[C@]12CCCC[C@H]1CSC(NC(=O)OC(C)(C)C)=N2. The van der Waals surface area contributed by atoms with E-state index in [0.717, 1.165) is 31.4 Å². The standard InChI is InChI=1S/C20H27N3O5S/c1-19(2,3)28-18(24)21-17-22-20(10-6-5-7-13(20)12-29-17)15-11-14(23(25)26)8-9-16(15)27-4/h8-9,11,13H,5-7,10,12H2,1-4H3,(H,21,22,24)/t13-,20-/m0/s1. The molecule has 0 radical (unpaired) electrons. The Morgan fingerprint density at radius 1 is 1.38 bits per heavy atom. The van der Waals surface area contributed by atoms with Crippen LogP contribution in [0.4, 0.5) is 10.5 Å². The van der Waals surface area contributed by atoms with E-state index in [1.54, 1.807) is 40.0 Å². The van der Waals surface area contributed by atoms with Crippen LogP contribution in [0.3, 0.4) is 0 Å². The van der Waals surface area contributed by atoms with Crippen molar-refractivity contribution in [2.24, 2.45) is 10.9 Å². The van der Waals surface area contributed by atoms with Gasteiger partial charge in [-0.1, -0.05) is 24.6 Å². The number of amides is 1. The monoisotopic (exact) mass is 421 g/mol. The van der Waals surface area contributed by atoms with Crippen molar-refractivity contribution in [3.05, 3.63) is 33.9 Å². The van der Waals surface area contributed by atoms with Crippen molar-refractivity contribution in [2.75, 3.05) is 12.9 Å². The summed E-state index contributed by atoms with van der Waals surface area (Å²) in [5.74, 6) is 1.55. The first kappa shape index (κ1) is 21.4. The molecule has 0 bridgehead atoms. The molecule has 0 aromatic heterocycles. The Labute approximate surface area is 174 Å². The number of amidine groups is 1. The third-order valence-corrected chi connectivity index (χ3v) is 6.26. The number of nitrogens with zero attached hydrogens (tertiary/aromatic N) is 2. The van der Waals surface area contributed by atoms with Crippen LogP contribution in [0.5, 0.6) is 5.75 Å². The first-order valence-electron chi connectivity index (χ1n) is 9.70. The number of fused-ring (bicyclic) bond motifs is 1. The number of alkyl carbamates (subject to hydrolysis) is 1. The molecule has 2 atom stereocenters. The molecule has 0 saturated heterocycles. The molecule has 1 N–H and O–H groups in total. The summed E-state index contributed by atoms with van der Waals surface area (Å²) in [6.07, 6.45) is 3.21. The van der Waals surface area contributed by atoms with Crippen LogP contribution in [0.15, 0.2) is 23.2 Å². The number of benzene rings is 1. The van der Waals surface area contributed by atoms with Gasteiger partial charge in [-0.3, -0.25) is 20.4 Å². The maximum Gasteiger partial charge on any atom is 0.413 e. The van der Waals surface area contributed by atoms with Crippen molar-refractivity contribution < 1.29 is 19.2 Å². The zero-order valence-corrected chi connectivity index (χ0v) is 18.0. The van der Waals surface area contributed by atoms with E-state index >= 15 is 0 Å². The summed E-state index contributed by atoms with van der Waals surface area (Å²) >= 11 is 1.48. The number of hydrogen-bond donors (Lipinski definition) is 1. The van der Waals surface area contributed by atoms with E-state index in [-0.39, 0.29) is 11.6 Å². The molecule has 29 heavy (non-hydrogen) atoms. The van der Waals surface area contributed by atoms with Crippen molar-refractivity contribution in [2.45, 2.75) is 57.6 Å². The molecule has 1 aromatic rings. The number of carbonyl (C=O) groups excluding carboxylic acids is 1. The summed E-state index contributed by atoms with van der Waals surface area (Å²) in [5.41, 5.74) is -0.555. The number of non-ortho nitro benzene ring substituents is 1. The summed E-state index contributed by atoms with van der Waals surface area (Å²) < 4.78 is 10.9. The third kappa shape index (κ3) is 4.66. The molecule has 1 aliphatic carbocycles. The molecule has 3 rings (SSSR count). The summed E-state index contributed by atoms with van der Waals surface area (Å²) in [6.45, 7) is 5.40. The Bertz CT molecular complexity index is 836. The Morgan fingerprint density at radius 2 is 2.14 bits per heavy atom. The second-order valence-electron chi connectivity index (χ2n) is 8.36. The summed E-state index contributed by atoms with van der Waals surface area (Å²) in [6, 6.07) is 4.64. The van der Waals surface area contributed by atoms with Crippen molar-refractivity contribution in [3.8, 4) is 5.75 Å². The van der Waals surface area contributed by atoms with Crippen LogP contribution in [0.25, 0.3) is 0 Å². The molecule has 2 aliphatic rings. The normalized spacial score (nSPS) is 24.1. The van der Waals surface area contributed by atoms with E-state index in [9.17, 15) is 14.9 Å². The Balaban J connectivity index is 2.03. The van der Waals surface area contributed by atoms with E-state index in [1.165, 1.54) is 17.8 Å². The van der Waals surface area contributed by atoms with Gasteiger partial charge in [-0.15, -0.1) is 0 Å². The predicted molar refractivity (Wildman–Crippen MR) is 113 cm³/mol. The molecule has 1 aromatic carbocycles. The number of rotatable bonds is 3. The number of nitro groups is 1. The number of nitrogens with one attached hydrogen (secondary N) is 1. The van der Waals surface area contributed by atoms with E-state index in [2.05, 4.69) is 5.32 Å². The van der Waals surface area contributed by atoms with Gasteiger partial charge in [0.2, 0.25) is 0 Å². The van der Waals surface area contributed by atoms with Gasteiger partial charge in [-0.2, -0.15) is 0 Å². The van der Waals surface area contributed by atoms with Crippen molar-refractivity contribution >= 4 is 28.7 Å². The maximum atomic E-state index is 12.3. The lowest BCUT2D eigenvalue weighted by molar-refractivity contribution is -0.385. The number of ether oxygens (including phenoxy) is 2. The average molecular weight is 422 g/mol. The highest BCUT2D eigenvalue weighted by Crippen LogP contribution is 2.52. The van der Waals surface area contributed by atoms with Crippen LogP contribution in [0.1, 0.15) is 52.0 Å². The molecular weight excluding hydrogens is 394 g/mol. The first-order chi connectivity index (χ1) is 13.6. The fraction of sp³-hybridized carbons (Fsp3) is 0.600. The second kappa shape index (κ2) is 8.22. The highest BCUT2D eigenvalue weighted by Gasteiger charge is 2.47. The quantitative estimate of drug-likeness (QED) is 0.564. The topological polar surface area (TPSA) is 103 Å². The third-order valence-electron chi connectivity index (χ3n) is 5.23. The van der Waals surface area contributed by atoms with Crippen molar-refractivity contribution in [3.63, 3.8) is 0 Å². The summed E-state index contributed by atoms with van der Waals surface area (Å²) in [4.78, 5) is 28.2. The van der Waals surface area contributed by atoms with Crippen LogP contribution >= 0.6 is 11.8 Å². The minimum Gasteiger partial charge on any atom is -0.496 e. The molecule has 1 saturated carbocycles. The average Bonchev–Trinajstić information content (AvgIpc) is 2.65. The molecule has 1 amide bonds. The van der Waals surface area contributed by atoms with Crippen molar-refractivity contribution in [1.29, 1.82) is 0 Å². The van der Waals surface area contributed by atoms with Gasteiger partial charge in [0.25, 0.3) is 5.69 Å². The van der Waals surface area contributed by atoms with Gasteiger partial charge in [0.05, 0.1) is 17.6 Å². The Morgan fingerprint density at radius 3 is 2.79 bits per heavy atom. The van der Waals surface area contributed by atoms with E-state index in [4.69, 9.17) is 14.5 Å². The number of carbonyl (C=O) groups is 1. The number of nitro benzene ring substituents is 1. The molecule has 9 heteroatoms. The van der Waals surface area contributed by atoms with Gasteiger partial charge in [0, 0.05) is 23.4 Å². The number of aliphatic imine (C=N–C) groups is 1. The zero-order valence-electron chi connectivity index (χ0n) is 17.2. The smallest absolute Gasteiger partial charge is 0.413 e. The minimum atomic E-state index is -0.661. The number of hydrogen-bond acceptors (Lipinski definition) is 7. The minimum absolute atomic E-state index is 0.00887. The van der Waals surface area contributed by atoms with Gasteiger partial charge < -0.3 is 9.47 Å². The predicted octanol–water partition coefficient (Wildman–Crippen LogP) is 4.62. The molecule has 1 aliphatic heterocycles. The molecule has 1 fully saturated rings. The fourth-order valence-electron chi connectivity index (χ4n) is 4.01. The zero-order chi connectivity index (χ0) is 21.2. The molecular formula is C20H27N3O5S. The fourth-order valence-corrected chi connectivity index (χ4v) is 5.19. The lowest BCUT2D eigenvalue weighted by Crippen LogP contribution is -2.45. The highest BCUT2D eigenvalue weighted by molar-refractivity contribution is 8.13. The molecule has 158 valence electrons.